The summed E-state index contributed by atoms with van der Waals surface area (Å²) in [6.45, 7) is 7.26. The molecule has 2 aromatic rings. The van der Waals surface area contributed by atoms with Crippen molar-refractivity contribution in [2.75, 3.05) is 14.2 Å². The van der Waals surface area contributed by atoms with E-state index in [-0.39, 0.29) is 55.9 Å². The van der Waals surface area contributed by atoms with Gasteiger partial charge in [0.2, 0.25) is 0 Å². The number of ketones is 1. The van der Waals surface area contributed by atoms with Gasteiger partial charge in [-0.2, -0.15) is 6.20 Å². The molecule has 0 aromatic carbocycles. The Labute approximate surface area is 212 Å². The Kier molecular flexibility index (Phi) is 14.6. The van der Waals surface area contributed by atoms with Crippen LogP contribution in [0.4, 0.5) is 0 Å². The minimum Gasteiger partial charge on any atom is -0.569 e. The molecule has 1 N–H and O–H groups in total. The third-order valence-corrected chi connectivity index (χ3v) is 5.12. The number of hydrogen-bond donors (Lipinski definition) is 1. The smallest absolute Gasteiger partial charge is 0.350 e. The summed E-state index contributed by atoms with van der Waals surface area (Å²) in [4.78, 5) is 29.6. The second kappa shape index (κ2) is 15.3. The van der Waals surface area contributed by atoms with Crippen LogP contribution >= 0.6 is 11.3 Å². The number of thiophene rings is 1. The molecule has 1 atom stereocenters. The number of nitrogens with zero attached hydrogens (tertiary/aromatic N) is 1. The number of hydrogen-bond acceptors (Lipinski definition) is 7. The van der Waals surface area contributed by atoms with Gasteiger partial charge >= 0.3 is 5.63 Å². The van der Waals surface area contributed by atoms with E-state index in [0.29, 0.717) is 18.6 Å². The number of ether oxygens (including phenoxy) is 1. The number of rotatable bonds is 9. The van der Waals surface area contributed by atoms with Gasteiger partial charge < -0.3 is 24.6 Å². The van der Waals surface area contributed by atoms with Gasteiger partial charge in [0, 0.05) is 62.6 Å². The van der Waals surface area contributed by atoms with Crippen LogP contribution in [0.15, 0.2) is 39.7 Å². The number of carbonyl (C=O) groups is 1. The molecule has 0 bridgehead atoms. The Morgan fingerprint density at radius 3 is 2.42 bits per heavy atom. The van der Waals surface area contributed by atoms with E-state index in [1.165, 1.54) is 18.1 Å². The standard InChI is InChI=1S/C16H22NO5.C6H8OS.Y/c1-10(2)15(19)14-12(18)9-13(22-16(14)20)11(3)7-5-6-8-17-21-4;1-5-3-4-6(7-2)8-5;/h6,8-11H,5,7H2,1-4H3,(H,18,19,20);3-4H,1-2H3;/q-1;;/b8-6-;;. The molecule has 0 aliphatic carbocycles. The van der Waals surface area contributed by atoms with Crippen molar-refractivity contribution in [2.45, 2.75) is 46.5 Å². The summed E-state index contributed by atoms with van der Waals surface area (Å²) >= 11 is 1.67. The molecular weight excluding hydrogens is 495 g/mol. The molecule has 2 aromatic heterocycles. The first-order valence-corrected chi connectivity index (χ1v) is 10.4. The number of Topliss-reactive ketones (excluding diaryl/α,β-unsaturated/α-hetero) is 1. The molecule has 9 heteroatoms. The van der Waals surface area contributed by atoms with Crippen molar-refractivity contribution in [3.63, 3.8) is 0 Å². The number of carbonyl (C=O) groups excluding carboxylic acids is 1. The quantitative estimate of drug-likeness (QED) is 0.339. The third-order valence-electron chi connectivity index (χ3n) is 4.16. The van der Waals surface area contributed by atoms with E-state index >= 15 is 0 Å². The average molecular weight is 525 g/mol. The summed E-state index contributed by atoms with van der Waals surface area (Å²) in [5.74, 6) is -0.836. The Morgan fingerprint density at radius 2 is 1.97 bits per heavy atom. The van der Waals surface area contributed by atoms with Crippen molar-refractivity contribution in [2.24, 2.45) is 5.92 Å². The minimum absolute atomic E-state index is 0. The zero-order valence-electron chi connectivity index (χ0n) is 18.9. The maximum Gasteiger partial charge on any atom is 0.350 e. The molecular formula is C22H30NO6SY-. The van der Waals surface area contributed by atoms with Crippen molar-refractivity contribution >= 4 is 17.1 Å². The fourth-order valence-electron chi connectivity index (χ4n) is 2.45. The topological polar surface area (TPSA) is 100 Å². The molecule has 7 nitrogen and oxygen atoms in total. The minimum atomic E-state index is -0.787. The molecule has 169 valence electrons. The molecule has 0 spiro atoms. The fourth-order valence-corrected chi connectivity index (χ4v) is 3.12. The number of hydroxylamine groups is 1. The van der Waals surface area contributed by atoms with Gasteiger partial charge in [0.1, 0.15) is 17.1 Å². The summed E-state index contributed by atoms with van der Waals surface area (Å²) in [5, 5.41) is 10.9. The fraction of sp³-hybridized carbons (Fsp3) is 0.455. The van der Waals surface area contributed by atoms with E-state index in [9.17, 15) is 14.7 Å². The van der Waals surface area contributed by atoms with E-state index in [1.54, 1.807) is 38.5 Å². The first-order valence-electron chi connectivity index (χ1n) is 9.61. The van der Waals surface area contributed by atoms with E-state index in [0.717, 1.165) is 5.06 Å². The number of methoxy groups -OCH3 is 1. The van der Waals surface area contributed by atoms with Gasteiger partial charge in [-0.15, -0.1) is 17.4 Å². The zero-order valence-corrected chi connectivity index (χ0v) is 22.5. The molecule has 2 heterocycles. The van der Waals surface area contributed by atoms with E-state index in [4.69, 9.17) is 9.15 Å². The molecule has 1 unspecified atom stereocenters. The van der Waals surface area contributed by atoms with Crippen LogP contribution in [0.25, 0.3) is 5.48 Å². The maximum absolute atomic E-state index is 11.9. The SMILES string of the molecule is CO[N-]/C=C\CCC(C)c1cc(O)c(C(=O)C(C)C)c(=O)o1.COc1ccc(C)s1.[Y]. The maximum atomic E-state index is 11.9. The first-order chi connectivity index (χ1) is 14.2. The molecule has 0 fully saturated rings. The molecule has 0 amide bonds. The predicted molar refractivity (Wildman–Crippen MR) is 119 cm³/mol. The largest absolute Gasteiger partial charge is 0.569 e. The van der Waals surface area contributed by atoms with Crippen LogP contribution in [0.5, 0.6) is 10.8 Å². The third kappa shape index (κ3) is 10.1. The Hall–Kier alpha value is -1.48. The first kappa shape index (κ1) is 29.5. The number of allylic oxidation sites excluding steroid dienone is 1. The second-order valence-corrected chi connectivity index (χ2v) is 8.19. The van der Waals surface area contributed by atoms with Gasteiger partial charge in [0.15, 0.2) is 10.8 Å². The molecule has 0 saturated carbocycles. The summed E-state index contributed by atoms with van der Waals surface area (Å²) in [5.41, 5.74) is 2.53. The monoisotopic (exact) mass is 525 g/mol. The molecule has 31 heavy (non-hydrogen) atoms. The molecule has 1 radical (unpaired) electrons. The summed E-state index contributed by atoms with van der Waals surface area (Å²) in [6.07, 6.45) is 4.79. The van der Waals surface area contributed by atoms with Crippen LogP contribution in [0.2, 0.25) is 0 Å². The van der Waals surface area contributed by atoms with Crippen LogP contribution in [0.1, 0.15) is 60.5 Å². The Balaban J connectivity index is 0.000000838. The van der Waals surface area contributed by atoms with Crippen LogP contribution in [0.3, 0.4) is 0 Å². The van der Waals surface area contributed by atoms with Gasteiger partial charge in [0.25, 0.3) is 0 Å². The van der Waals surface area contributed by atoms with Crippen molar-refractivity contribution < 1.29 is 56.6 Å². The molecule has 0 aliphatic heterocycles. The van der Waals surface area contributed by atoms with Crippen LogP contribution in [-0.2, 0) is 37.5 Å². The van der Waals surface area contributed by atoms with Crippen molar-refractivity contribution in [3.8, 4) is 10.8 Å². The predicted octanol–water partition coefficient (Wildman–Crippen LogP) is 5.58. The Morgan fingerprint density at radius 1 is 1.29 bits per heavy atom. The van der Waals surface area contributed by atoms with Crippen molar-refractivity contribution in [1.82, 2.24) is 0 Å². The number of aryl methyl sites for hydroxylation is 1. The van der Waals surface area contributed by atoms with Gasteiger partial charge in [0.05, 0.1) is 7.11 Å². The van der Waals surface area contributed by atoms with Crippen molar-refractivity contribution in [3.05, 3.63) is 62.6 Å². The van der Waals surface area contributed by atoms with Gasteiger partial charge in [-0.25, -0.2) is 4.79 Å². The summed E-state index contributed by atoms with van der Waals surface area (Å²) < 4.78 is 10.1. The van der Waals surface area contributed by atoms with Gasteiger partial charge in [-0.3, -0.25) is 4.79 Å². The molecule has 0 saturated heterocycles. The van der Waals surface area contributed by atoms with Gasteiger partial charge in [-0.1, -0.05) is 20.8 Å². The van der Waals surface area contributed by atoms with Crippen LogP contribution < -0.4 is 10.4 Å². The second-order valence-electron chi connectivity index (χ2n) is 6.94. The zero-order chi connectivity index (χ0) is 22.7. The molecule has 0 aliphatic rings. The normalized spacial score (nSPS) is 11.5. The van der Waals surface area contributed by atoms with Crippen LogP contribution in [-0.4, -0.2) is 25.1 Å². The van der Waals surface area contributed by atoms with E-state index in [1.807, 2.05) is 25.1 Å². The average Bonchev–Trinajstić information content (AvgIpc) is 3.12. The van der Waals surface area contributed by atoms with E-state index in [2.05, 4.69) is 17.2 Å². The molecule has 2 rings (SSSR count). The van der Waals surface area contributed by atoms with Crippen molar-refractivity contribution in [1.29, 1.82) is 0 Å². The van der Waals surface area contributed by atoms with Gasteiger partial charge in [-0.05, 0) is 31.9 Å². The van der Waals surface area contributed by atoms with Crippen LogP contribution in [0, 0.1) is 12.8 Å². The number of aromatic hydroxyl groups is 1. The summed E-state index contributed by atoms with van der Waals surface area (Å²) in [6, 6.07) is 5.37. The van der Waals surface area contributed by atoms with E-state index < -0.39 is 11.4 Å². The Bertz CT molecular complexity index is 890. The summed E-state index contributed by atoms with van der Waals surface area (Å²) in [7, 11) is 3.15.